The number of carbonyl (C=O) groups excluding carboxylic acids is 4. The molecule has 0 spiro atoms. The Labute approximate surface area is 437 Å². The molecule has 1 heterocycles. The number of ether oxygens (including phenoxy) is 4. The molecule has 0 aromatic heterocycles. The number of esters is 4. The van der Waals surface area contributed by atoms with Crippen molar-refractivity contribution in [3.8, 4) is 0 Å². The summed E-state index contributed by atoms with van der Waals surface area (Å²) in [5, 5.41) is 45.0. The first-order chi connectivity index (χ1) is 35.0. The van der Waals surface area contributed by atoms with Crippen LogP contribution in [0.15, 0.2) is 48.0 Å². The van der Waals surface area contributed by atoms with Gasteiger partial charge in [-0.25, -0.2) is 4.79 Å². The predicted octanol–water partition coefficient (Wildman–Crippen LogP) is 16.3. The highest BCUT2D eigenvalue weighted by Crippen LogP contribution is 2.39. The minimum Gasteiger partial charge on any atom is -0.505 e. The van der Waals surface area contributed by atoms with E-state index in [1.165, 1.54) is 116 Å². The molecule has 12 heteroatoms. The Hall–Kier alpha value is -3.64. The third-order valence-electron chi connectivity index (χ3n) is 13.4. The van der Waals surface area contributed by atoms with Gasteiger partial charge in [0.15, 0.2) is 5.76 Å². The SMILES string of the molecule is CCCCCCCC/C=C/CCCCCCCC(=O)OC(O)(OC(=O)CCCCCCC/C=C/CCCCCCCC)[C@@](O)(OC(=O)CCCCCCC/C=C/CCCCCCCC)[C@H]1OC(=O)C(O)=C1O. The van der Waals surface area contributed by atoms with E-state index in [1.807, 2.05) is 0 Å². The monoisotopic (exact) mass is 1020 g/mol. The van der Waals surface area contributed by atoms with Gasteiger partial charge in [-0.1, -0.05) is 211 Å². The number of unbranched alkanes of at least 4 members (excludes halogenated alkanes) is 33. The Kier molecular flexibility index (Phi) is 41.3. The Morgan fingerprint density at radius 3 is 0.931 bits per heavy atom. The normalized spacial score (nSPS) is 15.0. The summed E-state index contributed by atoms with van der Waals surface area (Å²) in [6, 6.07) is 0. The standard InChI is InChI=1S/C60H104O12/c1-4-7-10-13-16-19-22-25-28-31-34-37-40-43-46-49-52(61)70-59(67,57-55(64)56(65)58(66)69-57)60(68,71-53(62)50-47-44-41-38-35-32-29-26-23-20-17-14-11-8-5-2)72-54(63)51-48-45-42-39-36-33-30-27-24-21-18-15-12-9-6-3/h25-30,57,64-65,67-68H,4-24,31-51H2,1-3H3/b28-25+,29-26+,30-27+/t57-,59-/m0/s1. The number of allylic oxidation sites excluding steroid dienone is 6. The van der Waals surface area contributed by atoms with Gasteiger partial charge in [0.1, 0.15) is 0 Å². The van der Waals surface area contributed by atoms with E-state index in [9.17, 15) is 39.6 Å². The van der Waals surface area contributed by atoms with E-state index in [4.69, 9.17) is 18.9 Å². The summed E-state index contributed by atoms with van der Waals surface area (Å²) in [6.45, 7) is 6.67. The highest BCUT2D eigenvalue weighted by molar-refractivity contribution is 5.89. The first-order valence-corrected chi connectivity index (χ1v) is 29.3. The number of hydrogen-bond acceptors (Lipinski definition) is 12. The fraction of sp³-hybridized carbons (Fsp3) is 0.800. The van der Waals surface area contributed by atoms with Crippen LogP contribution in [-0.2, 0) is 38.1 Å². The van der Waals surface area contributed by atoms with Crippen molar-refractivity contribution in [1.82, 2.24) is 0 Å². The van der Waals surface area contributed by atoms with Crippen LogP contribution in [0, 0.1) is 0 Å². The Morgan fingerprint density at radius 2 is 0.667 bits per heavy atom. The molecule has 0 fully saturated rings. The first kappa shape index (κ1) is 66.4. The van der Waals surface area contributed by atoms with E-state index in [1.54, 1.807) is 0 Å². The van der Waals surface area contributed by atoms with Crippen LogP contribution in [0.25, 0.3) is 0 Å². The average Bonchev–Trinajstić information content (AvgIpc) is 3.62. The van der Waals surface area contributed by atoms with Gasteiger partial charge in [0.2, 0.25) is 11.9 Å². The van der Waals surface area contributed by atoms with Crippen molar-refractivity contribution in [3.63, 3.8) is 0 Å². The van der Waals surface area contributed by atoms with Crippen molar-refractivity contribution >= 4 is 23.9 Å². The van der Waals surface area contributed by atoms with Gasteiger partial charge in [-0.3, -0.25) is 14.4 Å². The summed E-state index contributed by atoms with van der Waals surface area (Å²) < 4.78 is 20.9. The zero-order chi connectivity index (χ0) is 52.8. The minimum atomic E-state index is -3.79. The molecule has 1 aliphatic rings. The molecule has 0 unspecified atom stereocenters. The van der Waals surface area contributed by atoms with Gasteiger partial charge in [-0.2, -0.15) is 0 Å². The second-order valence-corrected chi connectivity index (χ2v) is 20.2. The summed E-state index contributed by atoms with van der Waals surface area (Å²) in [7, 11) is 0. The number of cyclic esters (lactones) is 1. The van der Waals surface area contributed by atoms with Crippen LogP contribution in [0.4, 0.5) is 0 Å². The Morgan fingerprint density at radius 1 is 0.417 bits per heavy atom. The molecule has 1 aliphatic heterocycles. The molecule has 416 valence electrons. The number of aliphatic hydroxyl groups excluding tert-OH is 2. The first-order valence-electron chi connectivity index (χ1n) is 29.3. The van der Waals surface area contributed by atoms with Crippen LogP contribution < -0.4 is 0 Å². The van der Waals surface area contributed by atoms with Crippen molar-refractivity contribution in [3.05, 3.63) is 48.0 Å². The summed E-state index contributed by atoms with van der Waals surface area (Å²) in [5.41, 5.74) is 0. The number of carbonyl (C=O) groups is 4. The molecular formula is C60H104O12. The molecule has 0 aliphatic carbocycles. The molecule has 4 N–H and O–H groups in total. The van der Waals surface area contributed by atoms with Crippen molar-refractivity contribution in [2.24, 2.45) is 0 Å². The lowest BCUT2D eigenvalue weighted by Gasteiger charge is -2.41. The van der Waals surface area contributed by atoms with E-state index in [2.05, 4.69) is 57.2 Å². The maximum absolute atomic E-state index is 13.4. The molecule has 0 amide bonds. The van der Waals surface area contributed by atoms with Crippen LogP contribution >= 0.6 is 0 Å². The summed E-state index contributed by atoms with van der Waals surface area (Å²) >= 11 is 0. The molecule has 0 radical (unpaired) electrons. The maximum atomic E-state index is 13.4. The lowest BCUT2D eigenvalue weighted by Crippen LogP contribution is -2.67. The van der Waals surface area contributed by atoms with Crippen molar-refractivity contribution in [1.29, 1.82) is 0 Å². The van der Waals surface area contributed by atoms with E-state index in [-0.39, 0.29) is 19.3 Å². The molecule has 2 atom stereocenters. The summed E-state index contributed by atoms with van der Waals surface area (Å²) in [6.07, 6.45) is 50.5. The maximum Gasteiger partial charge on any atom is 0.448 e. The zero-order valence-corrected chi connectivity index (χ0v) is 45.8. The van der Waals surface area contributed by atoms with Gasteiger partial charge < -0.3 is 39.4 Å². The lowest BCUT2D eigenvalue weighted by molar-refractivity contribution is -0.457. The molecule has 0 aromatic rings. The minimum absolute atomic E-state index is 0.261. The van der Waals surface area contributed by atoms with Gasteiger partial charge in [-0.05, 0) is 96.3 Å². The second-order valence-electron chi connectivity index (χ2n) is 20.2. The van der Waals surface area contributed by atoms with Crippen molar-refractivity contribution in [2.45, 2.75) is 308 Å². The van der Waals surface area contributed by atoms with Crippen LogP contribution in [0.2, 0.25) is 0 Å². The molecule has 12 nitrogen and oxygen atoms in total. The van der Waals surface area contributed by atoms with Gasteiger partial charge >= 0.3 is 35.6 Å². The lowest BCUT2D eigenvalue weighted by atomic mass is 10.0. The third kappa shape index (κ3) is 32.5. The number of hydrogen-bond donors (Lipinski definition) is 4. The van der Waals surface area contributed by atoms with Gasteiger partial charge in [0.25, 0.3) is 0 Å². The van der Waals surface area contributed by atoms with Crippen molar-refractivity contribution < 1.29 is 58.6 Å². The number of aliphatic hydroxyl groups is 4. The second kappa shape index (κ2) is 44.8. The Balaban J connectivity index is 2.87. The molecule has 0 saturated carbocycles. The summed E-state index contributed by atoms with van der Waals surface area (Å²) in [5.74, 6) is -15.0. The smallest absolute Gasteiger partial charge is 0.448 e. The van der Waals surface area contributed by atoms with Crippen molar-refractivity contribution in [2.75, 3.05) is 0 Å². The van der Waals surface area contributed by atoms with Gasteiger partial charge in [0.05, 0.1) is 0 Å². The zero-order valence-electron chi connectivity index (χ0n) is 45.8. The number of rotatable bonds is 50. The molecular weight excluding hydrogens is 913 g/mol. The molecule has 0 bridgehead atoms. The van der Waals surface area contributed by atoms with Crippen LogP contribution in [0.5, 0.6) is 0 Å². The van der Waals surface area contributed by atoms with Gasteiger partial charge in [-0.15, -0.1) is 0 Å². The fourth-order valence-corrected chi connectivity index (χ4v) is 8.82. The van der Waals surface area contributed by atoms with E-state index >= 15 is 0 Å². The topological polar surface area (TPSA) is 186 Å². The molecule has 1 rings (SSSR count). The van der Waals surface area contributed by atoms with Gasteiger partial charge in [0, 0.05) is 19.3 Å². The molecule has 0 aromatic carbocycles. The quantitative estimate of drug-likeness (QED) is 0.0149. The van der Waals surface area contributed by atoms with Crippen LogP contribution in [-0.4, -0.2) is 62.2 Å². The largest absolute Gasteiger partial charge is 0.505 e. The fourth-order valence-electron chi connectivity index (χ4n) is 8.82. The summed E-state index contributed by atoms with van der Waals surface area (Å²) in [4.78, 5) is 52.6. The third-order valence-corrected chi connectivity index (χ3v) is 13.4. The highest BCUT2D eigenvalue weighted by Gasteiger charge is 2.70. The highest BCUT2D eigenvalue weighted by atomic mass is 16.9. The predicted molar refractivity (Wildman–Crippen MR) is 289 cm³/mol. The molecule has 0 saturated heterocycles. The van der Waals surface area contributed by atoms with Crippen LogP contribution in [0.3, 0.4) is 0 Å². The van der Waals surface area contributed by atoms with E-state index in [0.717, 1.165) is 96.3 Å². The van der Waals surface area contributed by atoms with E-state index < -0.39 is 53.3 Å². The van der Waals surface area contributed by atoms with Crippen LogP contribution in [0.1, 0.15) is 290 Å². The molecule has 72 heavy (non-hydrogen) atoms. The Bertz CT molecular complexity index is 1460. The van der Waals surface area contributed by atoms with E-state index in [0.29, 0.717) is 38.5 Å². The average molecular weight is 1020 g/mol.